The van der Waals surface area contributed by atoms with Gasteiger partial charge in [-0.3, -0.25) is 4.90 Å². The molecule has 1 rings (SSSR count). The second kappa shape index (κ2) is 5.87. The van der Waals surface area contributed by atoms with Gasteiger partial charge in [0.15, 0.2) is 0 Å². The molecular weight excluding hydrogens is 228 g/mol. The topological polar surface area (TPSA) is 43.8 Å². The van der Waals surface area contributed by atoms with Gasteiger partial charge in [-0.1, -0.05) is 12.1 Å². The first-order chi connectivity index (χ1) is 8.40. The summed E-state index contributed by atoms with van der Waals surface area (Å²) in [5, 5.41) is 9.21. The molecule has 1 amide bonds. The van der Waals surface area contributed by atoms with Gasteiger partial charge in [0.2, 0.25) is 0 Å². The Morgan fingerprint density at radius 1 is 1.39 bits per heavy atom. The minimum Gasteiger partial charge on any atom is -0.465 e. The van der Waals surface area contributed by atoms with E-state index in [2.05, 4.69) is 17.9 Å². The molecule has 18 heavy (non-hydrogen) atoms. The Bertz CT molecular complexity index is 430. The maximum Gasteiger partial charge on any atom is 0.411 e. The van der Waals surface area contributed by atoms with E-state index in [1.54, 1.807) is 0 Å². The van der Waals surface area contributed by atoms with E-state index < -0.39 is 6.09 Å². The molecule has 1 aromatic carbocycles. The van der Waals surface area contributed by atoms with Crippen molar-refractivity contribution >= 4 is 11.8 Å². The van der Waals surface area contributed by atoms with Gasteiger partial charge in [-0.2, -0.15) is 0 Å². The summed E-state index contributed by atoms with van der Waals surface area (Å²) in [7, 11) is 4.04. The van der Waals surface area contributed by atoms with E-state index in [4.69, 9.17) is 0 Å². The number of carbonyl (C=O) groups is 1. The number of amides is 1. The highest BCUT2D eigenvalue weighted by atomic mass is 16.4. The molecule has 1 aromatic rings. The van der Waals surface area contributed by atoms with Crippen molar-refractivity contribution in [3.8, 4) is 0 Å². The molecule has 0 aromatic heterocycles. The van der Waals surface area contributed by atoms with Crippen LogP contribution in [0.25, 0.3) is 0 Å². The molecule has 0 aliphatic heterocycles. The molecule has 4 heteroatoms. The summed E-state index contributed by atoms with van der Waals surface area (Å²) >= 11 is 0. The highest BCUT2D eigenvalue weighted by molar-refractivity contribution is 5.87. The van der Waals surface area contributed by atoms with Crippen LogP contribution in [-0.2, 0) is 0 Å². The van der Waals surface area contributed by atoms with Crippen molar-refractivity contribution in [1.29, 1.82) is 0 Å². The Kier molecular flexibility index (Phi) is 4.73. The fourth-order valence-corrected chi connectivity index (χ4v) is 2.07. The Hall–Kier alpha value is -1.55. The van der Waals surface area contributed by atoms with Gasteiger partial charge in [-0.15, -0.1) is 0 Å². The van der Waals surface area contributed by atoms with Crippen molar-refractivity contribution < 1.29 is 9.90 Å². The van der Waals surface area contributed by atoms with Gasteiger partial charge in [0.05, 0.1) is 5.69 Å². The molecule has 0 aliphatic carbocycles. The van der Waals surface area contributed by atoms with Gasteiger partial charge >= 0.3 is 6.09 Å². The first kappa shape index (κ1) is 14.5. The smallest absolute Gasteiger partial charge is 0.411 e. The maximum atomic E-state index is 11.2. The van der Waals surface area contributed by atoms with Crippen molar-refractivity contribution in [3.63, 3.8) is 0 Å². The molecule has 0 bridgehead atoms. The van der Waals surface area contributed by atoms with Gasteiger partial charge in [0.1, 0.15) is 0 Å². The Morgan fingerprint density at radius 3 is 2.44 bits per heavy atom. The Labute approximate surface area is 109 Å². The van der Waals surface area contributed by atoms with Gasteiger partial charge in [0.25, 0.3) is 0 Å². The quantitative estimate of drug-likeness (QED) is 0.893. The van der Waals surface area contributed by atoms with Crippen LogP contribution in [0.3, 0.4) is 0 Å². The lowest BCUT2D eigenvalue weighted by atomic mass is 9.99. The van der Waals surface area contributed by atoms with Crippen LogP contribution < -0.4 is 4.90 Å². The molecule has 0 aliphatic rings. The van der Waals surface area contributed by atoms with Crippen LogP contribution in [0.5, 0.6) is 0 Å². The molecule has 1 N–H and O–H groups in total. The molecule has 1 atom stereocenters. The van der Waals surface area contributed by atoms with Crippen LogP contribution in [0.15, 0.2) is 18.2 Å². The molecule has 0 saturated carbocycles. The van der Waals surface area contributed by atoms with E-state index in [1.807, 2.05) is 40.1 Å². The van der Waals surface area contributed by atoms with Gasteiger partial charge in [-0.25, -0.2) is 4.79 Å². The number of hydrogen-bond donors (Lipinski definition) is 1. The summed E-state index contributed by atoms with van der Waals surface area (Å²) < 4.78 is 0. The summed E-state index contributed by atoms with van der Waals surface area (Å²) in [6.07, 6.45) is -0.907. The van der Waals surface area contributed by atoms with Crippen LogP contribution >= 0.6 is 0 Å². The molecule has 0 fully saturated rings. The standard InChI is InChI=1S/C14H22N2O2/c1-6-16(14(17)18)13-9-7-8-12(10(13)2)11(3)15(4)5/h7-9,11H,6H2,1-5H3,(H,17,18)/t11-/m0/s1. The number of carboxylic acid groups (broad SMARTS) is 1. The number of nitrogens with zero attached hydrogens (tertiary/aromatic N) is 2. The molecule has 0 spiro atoms. The van der Waals surface area contributed by atoms with Crippen molar-refractivity contribution in [1.82, 2.24) is 4.90 Å². The first-order valence-corrected chi connectivity index (χ1v) is 6.16. The molecule has 0 unspecified atom stereocenters. The number of benzene rings is 1. The van der Waals surface area contributed by atoms with Crippen LogP contribution in [0, 0.1) is 6.92 Å². The average Bonchev–Trinajstić information content (AvgIpc) is 2.30. The van der Waals surface area contributed by atoms with E-state index >= 15 is 0 Å². The number of rotatable bonds is 4. The SMILES string of the molecule is CCN(C(=O)O)c1cccc([C@H](C)N(C)C)c1C. The largest absolute Gasteiger partial charge is 0.465 e. The first-order valence-electron chi connectivity index (χ1n) is 6.16. The van der Waals surface area contributed by atoms with Crippen LogP contribution in [0.1, 0.15) is 31.0 Å². The Morgan fingerprint density at radius 2 is 2.00 bits per heavy atom. The monoisotopic (exact) mass is 250 g/mol. The fourth-order valence-electron chi connectivity index (χ4n) is 2.07. The third kappa shape index (κ3) is 2.82. The van der Waals surface area contributed by atoms with Crippen molar-refractivity contribution in [2.45, 2.75) is 26.8 Å². The fraction of sp³-hybridized carbons (Fsp3) is 0.500. The summed E-state index contributed by atoms with van der Waals surface area (Å²) in [5.74, 6) is 0. The summed E-state index contributed by atoms with van der Waals surface area (Å²) in [6.45, 7) is 6.39. The molecule has 4 nitrogen and oxygen atoms in total. The lowest BCUT2D eigenvalue weighted by Gasteiger charge is -2.26. The van der Waals surface area contributed by atoms with E-state index in [0.717, 1.165) is 16.8 Å². The lowest BCUT2D eigenvalue weighted by molar-refractivity contribution is 0.202. The minimum atomic E-state index is -0.907. The minimum absolute atomic E-state index is 0.262. The predicted octanol–water partition coefficient (Wildman–Crippen LogP) is 3.12. The Balaban J connectivity index is 3.24. The van der Waals surface area contributed by atoms with E-state index in [0.29, 0.717) is 6.54 Å². The zero-order valence-electron chi connectivity index (χ0n) is 11.8. The maximum absolute atomic E-state index is 11.2. The van der Waals surface area contributed by atoms with Gasteiger partial charge in [-0.05, 0) is 52.1 Å². The average molecular weight is 250 g/mol. The summed E-state index contributed by atoms with van der Waals surface area (Å²) in [5.41, 5.74) is 2.97. The molecule has 100 valence electrons. The summed E-state index contributed by atoms with van der Waals surface area (Å²) in [4.78, 5) is 14.7. The van der Waals surface area contributed by atoms with Crippen molar-refractivity contribution in [2.75, 3.05) is 25.5 Å². The van der Waals surface area contributed by atoms with Gasteiger partial charge < -0.3 is 10.0 Å². The zero-order valence-corrected chi connectivity index (χ0v) is 11.8. The number of hydrogen-bond acceptors (Lipinski definition) is 2. The lowest BCUT2D eigenvalue weighted by Crippen LogP contribution is -2.30. The van der Waals surface area contributed by atoms with E-state index in [9.17, 15) is 9.90 Å². The van der Waals surface area contributed by atoms with Gasteiger partial charge in [0, 0.05) is 12.6 Å². The van der Waals surface area contributed by atoms with Crippen LogP contribution in [0.2, 0.25) is 0 Å². The van der Waals surface area contributed by atoms with E-state index in [-0.39, 0.29) is 6.04 Å². The predicted molar refractivity (Wildman–Crippen MR) is 74.3 cm³/mol. The normalized spacial score (nSPS) is 12.6. The van der Waals surface area contributed by atoms with E-state index in [1.165, 1.54) is 4.90 Å². The highest BCUT2D eigenvalue weighted by Gasteiger charge is 2.18. The second-order valence-corrected chi connectivity index (χ2v) is 4.66. The molecule has 0 heterocycles. The molecule has 0 saturated heterocycles. The molecule has 0 radical (unpaired) electrons. The number of anilines is 1. The third-order valence-corrected chi connectivity index (χ3v) is 3.41. The van der Waals surface area contributed by atoms with Crippen LogP contribution in [-0.4, -0.2) is 36.7 Å². The van der Waals surface area contributed by atoms with Crippen molar-refractivity contribution in [3.05, 3.63) is 29.3 Å². The summed E-state index contributed by atoms with van der Waals surface area (Å²) in [6, 6.07) is 6.10. The third-order valence-electron chi connectivity index (χ3n) is 3.41. The zero-order chi connectivity index (χ0) is 13.9. The molecular formula is C14H22N2O2. The van der Waals surface area contributed by atoms with Crippen LogP contribution in [0.4, 0.5) is 10.5 Å². The highest BCUT2D eigenvalue weighted by Crippen LogP contribution is 2.29. The van der Waals surface area contributed by atoms with Crippen molar-refractivity contribution in [2.24, 2.45) is 0 Å². The second-order valence-electron chi connectivity index (χ2n) is 4.66.